The van der Waals surface area contributed by atoms with Gasteiger partial charge in [0.15, 0.2) is 5.96 Å². The van der Waals surface area contributed by atoms with Crippen LogP contribution in [0.1, 0.15) is 44.2 Å². The molecule has 0 aliphatic rings. The van der Waals surface area contributed by atoms with Crippen LogP contribution in [0.2, 0.25) is 0 Å². The second-order valence-corrected chi connectivity index (χ2v) is 5.77. The summed E-state index contributed by atoms with van der Waals surface area (Å²) in [4.78, 5) is 4.33. The maximum absolute atomic E-state index is 5.82. The number of rotatable bonds is 8. The molecule has 1 aromatic rings. The van der Waals surface area contributed by atoms with E-state index in [1.54, 1.807) is 7.11 Å². The summed E-state index contributed by atoms with van der Waals surface area (Å²) in [6.45, 7) is 7.80. The first-order chi connectivity index (χ1) is 10.0. The predicted molar refractivity (Wildman–Crippen MR) is 89.8 cm³/mol. The van der Waals surface area contributed by atoms with E-state index in [2.05, 4.69) is 48.4 Å². The number of hydrogen-bond acceptors (Lipinski definition) is 2. The summed E-state index contributed by atoms with van der Waals surface area (Å²) in [5, 5.41) is 3.10. The highest BCUT2D eigenvalue weighted by molar-refractivity contribution is 5.78. The number of guanidine groups is 1. The molecule has 0 aliphatic heterocycles. The van der Waals surface area contributed by atoms with E-state index >= 15 is 0 Å². The molecule has 0 fully saturated rings. The number of benzene rings is 1. The van der Waals surface area contributed by atoms with Crippen molar-refractivity contribution in [1.82, 2.24) is 5.32 Å². The molecule has 1 rings (SSSR count). The van der Waals surface area contributed by atoms with Gasteiger partial charge in [-0.3, -0.25) is 4.99 Å². The second-order valence-electron chi connectivity index (χ2n) is 5.77. The van der Waals surface area contributed by atoms with E-state index in [-0.39, 0.29) is 6.04 Å². The van der Waals surface area contributed by atoms with Crippen molar-refractivity contribution < 1.29 is 4.74 Å². The zero-order valence-corrected chi connectivity index (χ0v) is 13.7. The van der Waals surface area contributed by atoms with Crippen LogP contribution in [0.15, 0.2) is 29.3 Å². The Kier molecular flexibility index (Phi) is 7.83. The van der Waals surface area contributed by atoms with Gasteiger partial charge in [0.05, 0.1) is 6.61 Å². The van der Waals surface area contributed by atoms with E-state index in [0.29, 0.717) is 18.5 Å². The Bertz CT molecular complexity index is 426. The Hall–Kier alpha value is -1.55. The lowest BCUT2D eigenvalue weighted by molar-refractivity contribution is 0.179. The molecule has 4 nitrogen and oxygen atoms in total. The Balaban J connectivity index is 2.29. The van der Waals surface area contributed by atoms with Crippen molar-refractivity contribution in [3.63, 3.8) is 0 Å². The molecular formula is C17H29N3O. The largest absolute Gasteiger partial charge is 0.383 e. The molecule has 0 saturated heterocycles. The van der Waals surface area contributed by atoms with Gasteiger partial charge >= 0.3 is 0 Å². The maximum atomic E-state index is 5.82. The summed E-state index contributed by atoms with van der Waals surface area (Å²) in [6.07, 6.45) is 2.03. The van der Waals surface area contributed by atoms with E-state index < -0.39 is 0 Å². The fourth-order valence-corrected chi connectivity index (χ4v) is 2.14. The normalized spacial score (nSPS) is 13.5. The van der Waals surface area contributed by atoms with Crippen molar-refractivity contribution in [1.29, 1.82) is 0 Å². The van der Waals surface area contributed by atoms with Crippen LogP contribution in [-0.2, 0) is 11.2 Å². The molecule has 0 aliphatic carbocycles. The first-order valence-electron chi connectivity index (χ1n) is 7.67. The summed E-state index contributed by atoms with van der Waals surface area (Å²) < 4.78 is 5.04. The van der Waals surface area contributed by atoms with Crippen LogP contribution >= 0.6 is 0 Å². The van der Waals surface area contributed by atoms with Gasteiger partial charge in [0.25, 0.3) is 0 Å². The van der Waals surface area contributed by atoms with E-state index in [4.69, 9.17) is 10.5 Å². The Morgan fingerprint density at radius 1 is 1.24 bits per heavy atom. The number of ether oxygens (including phenoxy) is 1. The molecule has 0 spiro atoms. The fraction of sp³-hybridized carbons (Fsp3) is 0.588. The average Bonchev–Trinajstić information content (AvgIpc) is 2.44. The van der Waals surface area contributed by atoms with Crippen molar-refractivity contribution in [2.75, 3.05) is 20.3 Å². The monoisotopic (exact) mass is 291 g/mol. The first-order valence-corrected chi connectivity index (χ1v) is 7.67. The van der Waals surface area contributed by atoms with Gasteiger partial charge in [-0.25, -0.2) is 0 Å². The number of nitrogens with one attached hydrogen (secondary N) is 1. The molecule has 3 N–H and O–H groups in total. The van der Waals surface area contributed by atoms with E-state index in [9.17, 15) is 0 Å². The molecular weight excluding hydrogens is 262 g/mol. The van der Waals surface area contributed by atoms with Crippen LogP contribution in [0.3, 0.4) is 0 Å². The minimum absolute atomic E-state index is 0.183. The molecule has 4 heteroatoms. The fourth-order valence-electron chi connectivity index (χ4n) is 2.14. The smallest absolute Gasteiger partial charge is 0.188 e. The highest BCUT2D eigenvalue weighted by Gasteiger charge is 2.01. The lowest BCUT2D eigenvalue weighted by atomic mass is 10.0. The molecule has 0 heterocycles. The second kappa shape index (κ2) is 9.40. The highest BCUT2D eigenvalue weighted by Crippen LogP contribution is 2.15. The van der Waals surface area contributed by atoms with Gasteiger partial charge in [0.1, 0.15) is 0 Å². The van der Waals surface area contributed by atoms with Gasteiger partial charge in [-0.05, 0) is 36.8 Å². The van der Waals surface area contributed by atoms with Gasteiger partial charge in [0, 0.05) is 19.7 Å². The van der Waals surface area contributed by atoms with Gasteiger partial charge in [-0.1, -0.05) is 38.1 Å². The number of nitrogens with zero attached hydrogens (tertiary/aromatic N) is 1. The van der Waals surface area contributed by atoms with Gasteiger partial charge in [0.2, 0.25) is 0 Å². The summed E-state index contributed by atoms with van der Waals surface area (Å²) in [5.41, 5.74) is 8.56. The summed E-state index contributed by atoms with van der Waals surface area (Å²) >= 11 is 0. The van der Waals surface area contributed by atoms with E-state index in [0.717, 1.165) is 19.4 Å². The Labute approximate surface area is 128 Å². The first kappa shape index (κ1) is 17.5. The molecule has 118 valence electrons. The van der Waals surface area contributed by atoms with Crippen LogP contribution in [0, 0.1) is 0 Å². The summed E-state index contributed by atoms with van der Waals surface area (Å²) in [7, 11) is 1.68. The van der Waals surface area contributed by atoms with Crippen molar-refractivity contribution >= 4 is 5.96 Å². The predicted octanol–water partition coefficient (Wildman–Crippen LogP) is 2.68. The van der Waals surface area contributed by atoms with Crippen molar-refractivity contribution in [2.24, 2.45) is 10.7 Å². The maximum Gasteiger partial charge on any atom is 0.188 e. The third-order valence-electron chi connectivity index (χ3n) is 3.36. The zero-order chi connectivity index (χ0) is 15.7. The lowest BCUT2D eigenvalue weighted by Crippen LogP contribution is -2.40. The number of nitrogens with two attached hydrogens (primary N) is 1. The van der Waals surface area contributed by atoms with Crippen molar-refractivity contribution in [3.8, 4) is 0 Å². The van der Waals surface area contributed by atoms with Crippen LogP contribution in [0.5, 0.6) is 0 Å². The van der Waals surface area contributed by atoms with Crippen molar-refractivity contribution in [2.45, 2.75) is 45.6 Å². The number of hydrogen-bond donors (Lipinski definition) is 2. The Morgan fingerprint density at radius 3 is 2.48 bits per heavy atom. The van der Waals surface area contributed by atoms with E-state index in [1.807, 2.05) is 6.92 Å². The molecule has 0 bridgehead atoms. The third-order valence-corrected chi connectivity index (χ3v) is 3.36. The molecule has 1 unspecified atom stereocenters. The van der Waals surface area contributed by atoms with Crippen LogP contribution in [0.4, 0.5) is 0 Å². The average molecular weight is 291 g/mol. The minimum atomic E-state index is 0.183. The molecule has 21 heavy (non-hydrogen) atoms. The topological polar surface area (TPSA) is 59.6 Å². The number of methoxy groups -OCH3 is 1. The molecule has 0 aromatic heterocycles. The molecule has 1 aromatic carbocycles. The van der Waals surface area contributed by atoms with E-state index in [1.165, 1.54) is 11.1 Å². The molecule has 1 atom stereocenters. The van der Waals surface area contributed by atoms with Crippen molar-refractivity contribution in [3.05, 3.63) is 35.4 Å². The third kappa shape index (κ3) is 7.14. The van der Waals surface area contributed by atoms with Gasteiger partial charge in [-0.2, -0.15) is 0 Å². The SMILES string of the molecule is COCC(C)NC(N)=NCCCc1ccc(C(C)C)cc1. The Morgan fingerprint density at radius 2 is 1.90 bits per heavy atom. The molecule has 0 radical (unpaired) electrons. The van der Waals surface area contributed by atoms with Gasteiger partial charge < -0.3 is 15.8 Å². The van der Waals surface area contributed by atoms with Crippen LogP contribution < -0.4 is 11.1 Å². The summed E-state index contributed by atoms with van der Waals surface area (Å²) in [5.74, 6) is 1.08. The number of aliphatic imine (C=N–C) groups is 1. The quantitative estimate of drug-likeness (QED) is 0.440. The zero-order valence-electron chi connectivity index (χ0n) is 13.7. The molecule has 0 amide bonds. The van der Waals surface area contributed by atoms with Gasteiger partial charge in [-0.15, -0.1) is 0 Å². The molecule has 0 saturated carbocycles. The highest BCUT2D eigenvalue weighted by atomic mass is 16.5. The summed E-state index contributed by atoms with van der Waals surface area (Å²) in [6, 6.07) is 9.03. The number of aryl methyl sites for hydroxylation is 1. The lowest BCUT2D eigenvalue weighted by Gasteiger charge is -2.13. The standard InChI is InChI=1S/C17H29N3O/c1-13(2)16-9-7-15(8-10-16)6-5-11-19-17(18)20-14(3)12-21-4/h7-10,13-14H,5-6,11-12H2,1-4H3,(H3,18,19,20). The van der Waals surface area contributed by atoms with Crippen LogP contribution in [-0.4, -0.2) is 32.3 Å². The minimum Gasteiger partial charge on any atom is -0.383 e. The van der Waals surface area contributed by atoms with Crippen LogP contribution in [0.25, 0.3) is 0 Å².